The second-order valence-corrected chi connectivity index (χ2v) is 4.12. The summed E-state index contributed by atoms with van der Waals surface area (Å²) >= 11 is 0. The quantitative estimate of drug-likeness (QED) is 0.832. The molecule has 1 aromatic rings. The molecule has 1 heterocycles. The molecule has 16 heavy (non-hydrogen) atoms. The van der Waals surface area contributed by atoms with Crippen LogP contribution >= 0.6 is 0 Å². The lowest BCUT2D eigenvalue weighted by Crippen LogP contribution is -2.26. The van der Waals surface area contributed by atoms with E-state index in [4.69, 9.17) is 10.5 Å². The van der Waals surface area contributed by atoms with Crippen LogP contribution in [-0.2, 0) is 0 Å². The molecule has 2 N–H and O–H groups in total. The van der Waals surface area contributed by atoms with Crippen molar-refractivity contribution in [2.75, 3.05) is 24.3 Å². The minimum atomic E-state index is 0.398. The second-order valence-electron chi connectivity index (χ2n) is 4.12. The van der Waals surface area contributed by atoms with Gasteiger partial charge in [0.1, 0.15) is 5.82 Å². The highest BCUT2D eigenvalue weighted by Gasteiger charge is 2.09. The summed E-state index contributed by atoms with van der Waals surface area (Å²) in [6.07, 6.45) is 0.950. The molecule has 0 aliphatic heterocycles. The second kappa shape index (κ2) is 5.58. The van der Waals surface area contributed by atoms with Gasteiger partial charge in [-0.2, -0.15) is 4.98 Å². The van der Waals surface area contributed by atoms with Crippen LogP contribution in [0, 0.1) is 0 Å². The average Bonchev–Trinajstić information content (AvgIpc) is 2.27. The van der Waals surface area contributed by atoms with Crippen LogP contribution in [0.25, 0.3) is 0 Å². The van der Waals surface area contributed by atoms with Gasteiger partial charge in [-0.15, -0.1) is 0 Å². The molecule has 0 atom stereocenters. The van der Waals surface area contributed by atoms with Crippen molar-refractivity contribution in [1.82, 2.24) is 4.98 Å². The maximum Gasteiger partial charge on any atom is 0.239 e. The van der Waals surface area contributed by atoms with Gasteiger partial charge in [0.2, 0.25) is 5.88 Å². The Bertz CT molecular complexity index is 339. The summed E-state index contributed by atoms with van der Waals surface area (Å²) in [5, 5.41) is 0. The van der Waals surface area contributed by atoms with Gasteiger partial charge in [-0.1, -0.05) is 6.92 Å². The number of hydrogen-bond donors (Lipinski definition) is 1. The summed E-state index contributed by atoms with van der Waals surface area (Å²) in [5.74, 6) is 1.42. The molecule has 4 nitrogen and oxygen atoms in total. The fourth-order valence-corrected chi connectivity index (χ4v) is 1.22. The highest BCUT2D eigenvalue weighted by molar-refractivity contribution is 5.54. The van der Waals surface area contributed by atoms with Crippen molar-refractivity contribution in [1.29, 1.82) is 0 Å². The third-order valence-corrected chi connectivity index (χ3v) is 2.45. The van der Waals surface area contributed by atoms with Gasteiger partial charge in [0.25, 0.3) is 0 Å². The van der Waals surface area contributed by atoms with E-state index in [0.717, 1.165) is 12.2 Å². The molecule has 0 unspecified atom stereocenters. The van der Waals surface area contributed by atoms with Gasteiger partial charge in [0.15, 0.2) is 0 Å². The molecule has 0 aromatic carbocycles. The summed E-state index contributed by atoms with van der Waals surface area (Å²) in [5.41, 5.74) is 6.39. The van der Waals surface area contributed by atoms with Crippen LogP contribution in [0.3, 0.4) is 0 Å². The van der Waals surface area contributed by atoms with E-state index in [1.807, 2.05) is 19.2 Å². The third kappa shape index (κ3) is 3.02. The number of aromatic nitrogens is 1. The van der Waals surface area contributed by atoms with Crippen molar-refractivity contribution in [3.63, 3.8) is 0 Å². The molecule has 0 fully saturated rings. The molecule has 0 aliphatic rings. The largest absolute Gasteiger partial charge is 0.476 e. The first-order valence-electron chi connectivity index (χ1n) is 5.68. The van der Waals surface area contributed by atoms with E-state index in [1.54, 1.807) is 0 Å². The molecule has 0 aliphatic carbocycles. The third-order valence-electron chi connectivity index (χ3n) is 2.45. The molecule has 0 spiro atoms. The van der Waals surface area contributed by atoms with E-state index in [0.29, 0.717) is 24.2 Å². The predicted molar refractivity (Wildman–Crippen MR) is 68.0 cm³/mol. The van der Waals surface area contributed by atoms with Crippen LogP contribution in [0.2, 0.25) is 0 Å². The highest BCUT2D eigenvalue weighted by Crippen LogP contribution is 2.23. The Kier molecular flexibility index (Phi) is 4.40. The summed E-state index contributed by atoms with van der Waals surface area (Å²) in [7, 11) is 2.01. The lowest BCUT2D eigenvalue weighted by atomic mass is 10.3. The highest BCUT2D eigenvalue weighted by atomic mass is 16.5. The van der Waals surface area contributed by atoms with Crippen LogP contribution in [0.1, 0.15) is 27.2 Å². The fraction of sp³-hybridized carbons (Fsp3) is 0.583. The van der Waals surface area contributed by atoms with Crippen molar-refractivity contribution in [3.8, 4) is 5.88 Å². The molecule has 0 saturated carbocycles. The first kappa shape index (κ1) is 12.6. The lowest BCUT2D eigenvalue weighted by Gasteiger charge is -2.23. The Balaban J connectivity index is 2.88. The number of nitrogens with zero attached hydrogens (tertiary/aromatic N) is 2. The molecule has 0 saturated heterocycles. The maximum atomic E-state index is 5.80. The molecule has 90 valence electrons. The Labute approximate surface area is 97.4 Å². The van der Waals surface area contributed by atoms with E-state index in [-0.39, 0.29) is 0 Å². The van der Waals surface area contributed by atoms with E-state index >= 15 is 0 Å². The topological polar surface area (TPSA) is 51.4 Å². The zero-order chi connectivity index (χ0) is 12.1. The molecule has 4 heteroatoms. The van der Waals surface area contributed by atoms with Crippen LogP contribution in [0.4, 0.5) is 11.5 Å². The maximum absolute atomic E-state index is 5.80. The van der Waals surface area contributed by atoms with Crippen molar-refractivity contribution < 1.29 is 4.74 Å². The van der Waals surface area contributed by atoms with E-state index < -0.39 is 0 Å². The van der Waals surface area contributed by atoms with Gasteiger partial charge in [0, 0.05) is 13.1 Å². The van der Waals surface area contributed by atoms with Crippen LogP contribution in [0.5, 0.6) is 5.88 Å². The Morgan fingerprint density at radius 1 is 1.44 bits per heavy atom. The van der Waals surface area contributed by atoms with Gasteiger partial charge in [-0.3, -0.25) is 0 Å². The van der Waals surface area contributed by atoms with Crippen molar-refractivity contribution in [3.05, 3.63) is 12.1 Å². The normalized spacial score (nSPS) is 10.6. The number of anilines is 2. The number of nitrogen functional groups attached to an aromatic ring is 1. The molecule has 0 amide bonds. The first-order valence-corrected chi connectivity index (χ1v) is 5.68. The molecule has 1 rings (SSSR count). The fourth-order valence-electron chi connectivity index (χ4n) is 1.22. The Morgan fingerprint density at radius 3 is 2.69 bits per heavy atom. The zero-order valence-electron chi connectivity index (χ0n) is 10.5. The summed E-state index contributed by atoms with van der Waals surface area (Å²) in [6.45, 7) is 6.93. The van der Waals surface area contributed by atoms with Gasteiger partial charge in [0.05, 0.1) is 12.3 Å². The first-order chi connectivity index (χ1) is 7.56. The number of nitrogens with two attached hydrogens (primary N) is 1. The van der Waals surface area contributed by atoms with Gasteiger partial charge < -0.3 is 15.4 Å². The Hall–Kier alpha value is -1.45. The molecular formula is C12H21N3O. The predicted octanol–water partition coefficient (Wildman–Crippen LogP) is 2.30. The minimum absolute atomic E-state index is 0.398. The van der Waals surface area contributed by atoms with Crippen LogP contribution in [-0.4, -0.2) is 24.7 Å². The van der Waals surface area contributed by atoms with E-state index in [1.165, 1.54) is 0 Å². The van der Waals surface area contributed by atoms with E-state index in [2.05, 4.69) is 30.7 Å². The summed E-state index contributed by atoms with van der Waals surface area (Å²) < 4.78 is 5.49. The SMILES string of the molecule is CCCOc1nc(N(C)C(C)C)ccc1N. The molecule has 1 aromatic heterocycles. The minimum Gasteiger partial charge on any atom is -0.476 e. The van der Waals surface area contributed by atoms with Crippen LogP contribution in [0.15, 0.2) is 12.1 Å². The molecule has 0 bridgehead atoms. The van der Waals surface area contributed by atoms with Crippen molar-refractivity contribution in [2.45, 2.75) is 33.2 Å². The molecular weight excluding hydrogens is 202 g/mol. The van der Waals surface area contributed by atoms with Crippen molar-refractivity contribution >= 4 is 11.5 Å². The number of hydrogen-bond acceptors (Lipinski definition) is 4. The number of pyridine rings is 1. The molecule has 0 radical (unpaired) electrons. The average molecular weight is 223 g/mol. The van der Waals surface area contributed by atoms with Gasteiger partial charge >= 0.3 is 0 Å². The zero-order valence-corrected chi connectivity index (χ0v) is 10.5. The summed E-state index contributed by atoms with van der Waals surface area (Å²) in [4.78, 5) is 6.49. The monoisotopic (exact) mass is 223 g/mol. The smallest absolute Gasteiger partial charge is 0.239 e. The summed E-state index contributed by atoms with van der Waals surface area (Å²) in [6, 6.07) is 4.15. The van der Waals surface area contributed by atoms with E-state index in [9.17, 15) is 0 Å². The van der Waals surface area contributed by atoms with Gasteiger partial charge in [-0.25, -0.2) is 0 Å². The Morgan fingerprint density at radius 2 is 2.12 bits per heavy atom. The lowest BCUT2D eigenvalue weighted by molar-refractivity contribution is 0.307. The van der Waals surface area contributed by atoms with Crippen LogP contribution < -0.4 is 15.4 Å². The number of rotatable bonds is 5. The van der Waals surface area contributed by atoms with Crippen molar-refractivity contribution in [2.24, 2.45) is 0 Å². The standard InChI is InChI=1S/C12H21N3O/c1-5-8-16-12-10(13)6-7-11(14-12)15(4)9(2)3/h6-7,9H,5,8,13H2,1-4H3. The number of ether oxygens (including phenoxy) is 1. The van der Waals surface area contributed by atoms with Gasteiger partial charge in [-0.05, 0) is 32.4 Å².